The number of benzene rings is 1. The van der Waals surface area contributed by atoms with Gasteiger partial charge in [-0.2, -0.15) is 0 Å². The van der Waals surface area contributed by atoms with Crippen LogP contribution in [0.15, 0.2) is 36.5 Å². The Morgan fingerprint density at radius 1 is 1.26 bits per heavy atom. The molecule has 1 saturated heterocycles. The number of nitrogens with one attached hydrogen (secondary N) is 1. The lowest BCUT2D eigenvalue weighted by molar-refractivity contribution is 0.0985. The van der Waals surface area contributed by atoms with Gasteiger partial charge in [0, 0.05) is 41.0 Å². The minimum atomic E-state index is 0.328. The van der Waals surface area contributed by atoms with Crippen molar-refractivity contribution >= 4 is 16.7 Å². The van der Waals surface area contributed by atoms with Gasteiger partial charge in [0.1, 0.15) is 5.82 Å². The summed E-state index contributed by atoms with van der Waals surface area (Å²) < 4.78 is 5.54. The Morgan fingerprint density at radius 3 is 3.04 bits per heavy atom. The van der Waals surface area contributed by atoms with Crippen LogP contribution < -0.4 is 4.90 Å². The van der Waals surface area contributed by atoms with Gasteiger partial charge in [-0.25, -0.2) is 9.97 Å². The summed E-state index contributed by atoms with van der Waals surface area (Å²) in [6, 6.07) is 10.7. The zero-order valence-electron chi connectivity index (χ0n) is 13.4. The molecule has 1 atom stereocenters. The first kappa shape index (κ1) is 14.2. The highest BCUT2D eigenvalue weighted by atomic mass is 16.5. The topological polar surface area (TPSA) is 54.0 Å². The van der Waals surface area contributed by atoms with Crippen LogP contribution in [0.1, 0.15) is 12.6 Å². The number of H-pyrrole nitrogens is 1. The van der Waals surface area contributed by atoms with Crippen LogP contribution in [0, 0.1) is 6.92 Å². The predicted octanol–water partition coefficient (Wildman–Crippen LogP) is 3.16. The van der Waals surface area contributed by atoms with Gasteiger partial charge in [-0.15, -0.1) is 0 Å². The van der Waals surface area contributed by atoms with E-state index in [9.17, 15) is 0 Å². The number of nitrogens with zero attached hydrogens (tertiary/aromatic N) is 3. The maximum Gasteiger partial charge on any atom is 0.162 e. The van der Waals surface area contributed by atoms with E-state index in [-0.39, 0.29) is 0 Å². The van der Waals surface area contributed by atoms with Crippen LogP contribution in [0.2, 0.25) is 0 Å². The molecule has 1 fully saturated rings. The van der Waals surface area contributed by atoms with Crippen molar-refractivity contribution in [2.75, 3.05) is 24.7 Å². The Kier molecular flexibility index (Phi) is 3.50. The molecule has 1 aromatic carbocycles. The van der Waals surface area contributed by atoms with Crippen molar-refractivity contribution < 1.29 is 4.74 Å². The van der Waals surface area contributed by atoms with Crippen LogP contribution in [-0.2, 0) is 4.74 Å². The summed E-state index contributed by atoms with van der Waals surface area (Å²) in [6.45, 7) is 6.55. The number of ether oxygens (including phenoxy) is 1. The van der Waals surface area contributed by atoms with Gasteiger partial charge in [-0.1, -0.05) is 12.1 Å². The summed E-state index contributed by atoms with van der Waals surface area (Å²) in [4.78, 5) is 15.1. The summed E-state index contributed by atoms with van der Waals surface area (Å²) in [6.07, 6.45) is 1.95. The summed E-state index contributed by atoms with van der Waals surface area (Å²) >= 11 is 0. The predicted molar refractivity (Wildman–Crippen MR) is 91.7 cm³/mol. The van der Waals surface area contributed by atoms with E-state index in [0.717, 1.165) is 53.6 Å². The highest BCUT2D eigenvalue weighted by Gasteiger charge is 2.21. The van der Waals surface area contributed by atoms with Crippen molar-refractivity contribution in [2.24, 2.45) is 0 Å². The molecule has 5 heteroatoms. The number of anilines is 1. The van der Waals surface area contributed by atoms with Crippen LogP contribution >= 0.6 is 0 Å². The molecule has 0 radical (unpaired) electrons. The fourth-order valence-electron chi connectivity index (χ4n) is 3.17. The fraction of sp³-hybridized carbons (Fsp3) is 0.333. The molecule has 3 heterocycles. The Labute approximate surface area is 135 Å². The molecule has 3 aromatic rings. The molecule has 23 heavy (non-hydrogen) atoms. The molecule has 0 spiro atoms. The fourth-order valence-corrected chi connectivity index (χ4v) is 3.17. The van der Waals surface area contributed by atoms with Crippen molar-refractivity contribution in [2.45, 2.75) is 19.9 Å². The molecule has 0 aliphatic carbocycles. The molecule has 0 amide bonds. The summed E-state index contributed by atoms with van der Waals surface area (Å²) in [5.74, 6) is 1.76. The number of fused-ring (bicyclic) bond motifs is 1. The third-order valence-corrected chi connectivity index (χ3v) is 4.34. The minimum Gasteiger partial charge on any atom is -0.377 e. The molecule has 1 N–H and O–H groups in total. The molecule has 2 aromatic heterocycles. The highest BCUT2D eigenvalue weighted by molar-refractivity contribution is 5.93. The zero-order chi connectivity index (χ0) is 15.8. The highest BCUT2D eigenvalue weighted by Crippen LogP contribution is 2.28. The second-order valence-corrected chi connectivity index (χ2v) is 6.05. The van der Waals surface area contributed by atoms with E-state index in [0.29, 0.717) is 6.04 Å². The van der Waals surface area contributed by atoms with Crippen LogP contribution in [-0.4, -0.2) is 40.8 Å². The van der Waals surface area contributed by atoms with Crippen LogP contribution in [0.25, 0.3) is 22.3 Å². The quantitative estimate of drug-likeness (QED) is 0.790. The largest absolute Gasteiger partial charge is 0.377 e. The van der Waals surface area contributed by atoms with E-state index in [1.807, 2.05) is 19.2 Å². The van der Waals surface area contributed by atoms with E-state index < -0.39 is 0 Å². The third-order valence-electron chi connectivity index (χ3n) is 4.34. The third kappa shape index (κ3) is 2.57. The standard InChI is InChI=1S/C18H20N4O/c1-12-10-17(22-8-9-23-11-13(22)2)21-18(20-12)15-4-3-5-16-14(15)6-7-19-16/h3-7,10,13,19H,8-9,11H2,1-2H3. The van der Waals surface area contributed by atoms with Crippen molar-refractivity contribution in [3.63, 3.8) is 0 Å². The molecule has 1 unspecified atom stereocenters. The maximum atomic E-state index is 5.54. The van der Waals surface area contributed by atoms with E-state index in [1.54, 1.807) is 0 Å². The second kappa shape index (κ2) is 5.66. The zero-order valence-corrected chi connectivity index (χ0v) is 13.4. The van der Waals surface area contributed by atoms with Crippen LogP contribution in [0.5, 0.6) is 0 Å². The van der Waals surface area contributed by atoms with E-state index in [1.165, 1.54) is 0 Å². The summed E-state index contributed by atoms with van der Waals surface area (Å²) in [7, 11) is 0. The van der Waals surface area contributed by atoms with Gasteiger partial charge >= 0.3 is 0 Å². The average molecular weight is 308 g/mol. The molecule has 0 bridgehead atoms. The number of morpholine rings is 1. The van der Waals surface area contributed by atoms with Gasteiger partial charge < -0.3 is 14.6 Å². The van der Waals surface area contributed by atoms with Gasteiger partial charge in [-0.3, -0.25) is 0 Å². The van der Waals surface area contributed by atoms with Crippen molar-refractivity contribution in [3.8, 4) is 11.4 Å². The van der Waals surface area contributed by atoms with Gasteiger partial charge in [0.2, 0.25) is 0 Å². The Bertz CT molecular complexity index is 842. The Balaban J connectivity index is 1.82. The monoisotopic (exact) mass is 308 g/mol. The normalized spacial score (nSPS) is 18.5. The van der Waals surface area contributed by atoms with Gasteiger partial charge in [-0.05, 0) is 26.0 Å². The van der Waals surface area contributed by atoms with Gasteiger partial charge in [0.25, 0.3) is 0 Å². The molecular weight excluding hydrogens is 288 g/mol. The smallest absolute Gasteiger partial charge is 0.162 e. The lowest BCUT2D eigenvalue weighted by atomic mass is 10.1. The Morgan fingerprint density at radius 2 is 2.17 bits per heavy atom. The van der Waals surface area contributed by atoms with E-state index in [2.05, 4.69) is 46.1 Å². The van der Waals surface area contributed by atoms with Crippen molar-refractivity contribution in [3.05, 3.63) is 42.2 Å². The molecule has 4 rings (SSSR count). The van der Waals surface area contributed by atoms with Gasteiger partial charge in [0.15, 0.2) is 5.82 Å². The molecule has 1 aliphatic heterocycles. The maximum absolute atomic E-state index is 5.54. The van der Waals surface area contributed by atoms with E-state index in [4.69, 9.17) is 9.72 Å². The lowest BCUT2D eigenvalue weighted by Gasteiger charge is -2.34. The first-order chi connectivity index (χ1) is 11.2. The molecular formula is C18H20N4O. The van der Waals surface area contributed by atoms with Crippen molar-refractivity contribution in [1.82, 2.24) is 15.0 Å². The number of aromatic nitrogens is 3. The molecule has 1 aliphatic rings. The first-order valence-electron chi connectivity index (χ1n) is 7.99. The lowest BCUT2D eigenvalue weighted by Crippen LogP contribution is -2.44. The summed E-state index contributed by atoms with van der Waals surface area (Å²) in [5, 5.41) is 1.15. The van der Waals surface area contributed by atoms with Crippen molar-refractivity contribution in [1.29, 1.82) is 0 Å². The molecule has 5 nitrogen and oxygen atoms in total. The first-order valence-corrected chi connectivity index (χ1v) is 7.99. The van der Waals surface area contributed by atoms with Gasteiger partial charge in [0.05, 0.1) is 19.3 Å². The average Bonchev–Trinajstić information content (AvgIpc) is 3.03. The van der Waals surface area contributed by atoms with Crippen LogP contribution in [0.4, 0.5) is 5.82 Å². The minimum absolute atomic E-state index is 0.328. The van der Waals surface area contributed by atoms with Crippen LogP contribution in [0.3, 0.4) is 0 Å². The number of aromatic amines is 1. The van der Waals surface area contributed by atoms with E-state index >= 15 is 0 Å². The molecule has 0 saturated carbocycles. The number of aryl methyl sites for hydroxylation is 1. The molecule has 118 valence electrons. The second-order valence-electron chi connectivity index (χ2n) is 6.05. The summed E-state index contributed by atoms with van der Waals surface area (Å²) in [5.41, 5.74) is 3.15. The number of rotatable bonds is 2. The number of hydrogen-bond acceptors (Lipinski definition) is 4. The Hall–Kier alpha value is -2.40. The SMILES string of the molecule is Cc1cc(N2CCOCC2C)nc(-c2cccc3[nH]ccc23)n1. The number of hydrogen-bond donors (Lipinski definition) is 1.